The van der Waals surface area contributed by atoms with Crippen LogP contribution in [0.3, 0.4) is 0 Å². The standard InChI is InChI=1S/C13H12N2O3S/c1-19(17,18)12-7-8-14-9-11(12)13(16)15-10-5-3-2-4-6-10/h2-9H,1H3,(H,15,16). The summed E-state index contributed by atoms with van der Waals surface area (Å²) in [5.41, 5.74) is 0.629. The van der Waals surface area contributed by atoms with Gasteiger partial charge in [-0.25, -0.2) is 8.42 Å². The van der Waals surface area contributed by atoms with Gasteiger partial charge in [-0.05, 0) is 18.2 Å². The van der Waals surface area contributed by atoms with Gasteiger partial charge in [0, 0.05) is 24.3 Å². The smallest absolute Gasteiger partial charge is 0.258 e. The van der Waals surface area contributed by atoms with Crippen molar-refractivity contribution in [3.05, 3.63) is 54.4 Å². The van der Waals surface area contributed by atoms with Gasteiger partial charge in [0.15, 0.2) is 9.84 Å². The zero-order chi connectivity index (χ0) is 13.9. The Hall–Kier alpha value is -2.21. The van der Waals surface area contributed by atoms with Crippen LogP contribution in [0.15, 0.2) is 53.7 Å². The van der Waals surface area contributed by atoms with Crippen molar-refractivity contribution in [1.82, 2.24) is 4.98 Å². The van der Waals surface area contributed by atoms with Gasteiger partial charge in [0.2, 0.25) is 0 Å². The summed E-state index contributed by atoms with van der Waals surface area (Å²) in [7, 11) is -3.47. The van der Waals surface area contributed by atoms with Crippen molar-refractivity contribution in [3.8, 4) is 0 Å². The first kappa shape index (κ1) is 13.2. The monoisotopic (exact) mass is 276 g/mol. The van der Waals surface area contributed by atoms with Crippen molar-refractivity contribution >= 4 is 21.4 Å². The van der Waals surface area contributed by atoms with Crippen LogP contribution in [0, 0.1) is 0 Å². The zero-order valence-corrected chi connectivity index (χ0v) is 11.0. The number of amides is 1. The molecule has 0 radical (unpaired) electrons. The molecule has 6 heteroatoms. The first-order valence-electron chi connectivity index (χ1n) is 5.49. The predicted octanol–water partition coefficient (Wildman–Crippen LogP) is 1.74. The van der Waals surface area contributed by atoms with Gasteiger partial charge in [0.05, 0.1) is 10.5 Å². The molecule has 0 atom stereocenters. The Bertz CT molecular complexity index is 697. The average Bonchev–Trinajstić information content (AvgIpc) is 2.39. The fraction of sp³-hybridized carbons (Fsp3) is 0.0769. The third kappa shape index (κ3) is 3.17. The van der Waals surface area contributed by atoms with Crippen LogP contribution in [-0.2, 0) is 9.84 Å². The molecule has 0 bridgehead atoms. The van der Waals surface area contributed by atoms with Crippen LogP contribution < -0.4 is 5.32 Å². The summed E-state index contributed by atoms with van der Waals surface area (Å²) in [4.78, 5) is 15.8. The molecule has 0 saturated heterocycles. The Morgan fingerprint density at radius 2 is 1.84 bits per heavy atom. The molecule has 0 aliphatic carbocycles. The van der Waals surface area contributed by atoms with Crippen molar-refractivity contribution in [2.45, 2.75) is 4.90 Å². The second-order valence-electron chi connectivity index (χ2n) is 3.96. The van der Waals surface area contributed by atoms with E-state index < -0.39 is 15.7 Å². The number of hydrogen-bond acceptors (Lipinski definition) is 4. The quantitative estimate of drug-likeness (QED) is 0.926. The Balaban J connectivity index is 2.35. The third-order valence-corrected chi connectivity index (χ3v) is 3.61. The number of pyridine rings is 1. The SMILES string of the molecule is CS(=O)(=O)c1ccncc1C(=O)Nc1ccccc1. The van der Waals surface area contributed by atoms with E-state index >= 15 is 0 Å². The second kappa shape index (κ2) is 5.19. The normalized spacial score (nSPS) is 11.0. The number of anilines is 1. The molecular weight excluding hydrogens is 264 g/mol. The Labute approximate surface area is 111 Å². The number of nitrogens with zero attached hydrogens (tertiary/aromatic N) is 1. The summed E-state index contributed by atoms with van der Waals surface area (Å²) < 4.78 is 23.2. The first-order chi connectivity index (χ1) is 8.98. The highest BCUT2D eigenvalue weighted by molar-refractivity contribution is 7.90. The molecule has 0 fully saturated rings. The van der Waals surface area contributed by atoms with E-state index in [2.05, 4.69) is 10.3 Å². The summed E-state index contributed by atoms with van der Waals surface area (Å²) in [6.07, 6.45) is 3.64. The lowest BCUT2D eigenvalue weighted by atomic mass is 10.2. The molecule has 0 aliphatic heterocycles. The molecule has 5 nitrogen and oxygen atoms in total. The molecule has 1 N–H and O–H groups in total. The molecule has 0 unspecified atom stereocenters. The van der Waals surface area contributed by atoms with Gasteiger partial charge in [0.1, 0.15) is 0 Å². The summed E-state index contributed by atoms with van der Waals surface area (Å²) in [6.45, 7) is 0. The number of para-hydroxylation sites is 1. The van der Waals surface area contributed by atoms with E-state index in [1.54, 1.807) is 24.3 Å². The fourth-order valence-electron chi connectivity index (χ4n) is 1.60. The zero-order valence-electron chi connectivity index (χ0n) is 10.2. The maximum Gasteiger partial charge on any atom is 0.258 e. The number of carbonyl (C=O) groups excluding carboxylic acids is 1. The van der Waals surface area contributed by atoms with Crippen LogP contribution >= 0.6 is 0 Å². The predicted molar refractivity (Wildman–Crippen MR) is 71.7 cm³/mol. The van der Waals surface area contributed by atoms with Crippen LogP contribution in [-0.4, -0.2) is 25.6 Å². The molecular formula is C13H12N2O3S. The van der Waals surface area contributed by atoms with E-state index in [0.717, 1.165) is 6.26 Å². The maximum absolute atomic E-state index is 12.1. The lowest BCUT2D eigenvalue weighted by molar-refractivity contribution is 0.102. The summed E-state index contributed by atoms with van der Waals surface area (Å²) in [5.74, 6) is -0.500. The van der Waals surface area contributed by atoms with Gasteiger partial charge >= 0.3 is 0 Å². The summed E-state index contributed by atoms with van der Waals surface area (Å²) in [6, 6.07) is 10.1. The average molecular weight is 276 g/mol. The Kier molecular flexibility index (Phi) is 3.62. The lowest BCUT2D eigenvalue weighted by Gasteiger charge is -2.08. The van der Waals surface area contributed by atoms with Gasteiger partial charge in [-0.15, -0.1) is 0 Å². The molecule has 19 heavy (non-hydrogen) atoms. The van der Waals surface area contributed by atoms with Crippen LogP contribution in [0.5, 0.6) is 0 Å². The number of carbonyl (C=O) groups is 1. The van der Waals surface area contributed by atoms with Crippen molar-refractivity contribution in [2.75, 3.05) is 11.6 Å². The minimum atomic E-state index is -3.47. The van der Waals surface area contributed by atoms with Crippen LogP contribution in [0.2, 0.25) is 0 Å². The number of benzene rings is 1. The highest BCUT2D eigenvalue weighted by Crippen LogP contribution is 2.16. The van der Waals surface area contributed by atoms with Crippen LogP contribution in [0.1, 0.15) is 10.4 Å². The van der Waals surface area contributed by atoms with Crippen molar-refractivity contribution in [3.63, 3.8) is 0 Å². The van der Waals surface area contributed by atoms with E-state index in [1.807, 2.05) is 6.07 Å². The van der Waals surface area contributed by atoms with E-state index in [9.17, 15) is 13.2 Å². The van der Waals surface area contributed by atoms with Gasteiger partial charge in [-0.2, -0.15) is 0 Å². The molecule has 1 aromatic heterocycles. The Morgan fingerprint density at radius 3 is 2.47 bits per heavy atom. The molecule has 1 heterocycles. The van der Waals surface area contributed by atoms with Gasteiger partial charge in [0.25, 0.3) is 5.91 Å². The number of aromatic nitrogens is 1. The van der Waals surface area contributed by atoms with Gasteiger partial charge in [-0.3, -0.25) is 9.78 Å². The van der Waals surface area contributed by atoms with E-state index in [0.29, 0.717) is 5.69 Å². The number of sulfone groups is 1. The maximum atomic E-state index is 12.1. The molecule has 2 aromatic rings. The largest absolute Gasteiger partial charge is 0.322 e. The summed E-state index contributed by atoms with van der Waals surface area (Å²) >= 11 is 0. The molecule has 0 spiro atoms. The minimum Gasteiger partial charge on any atom is -0.322 e. The number of nitrogens with one attached hydrogen (secondary N) is 1. The lowest BCUT2D eigenvalue weighted by Crippen LogP contribution is -2.16. The highest BCUT2D eigenvalue weighted by atomic mass is 32.2. The molecule has 1 aromatic carbocycles. The summed E-state index contributed by atoms with van der Waals surface area (Å²) in [5, 5.41) is 2.63. The molecule has 1 amide bonds. The number of rotatable bonds is 3. The van der Waals surface area contributed by atoms with Gasteiger partial charge < -0.3 is 5.32 Å². The highest BCUT2D eigenvalue weighted by Gasteiger charge is 2.18. The fourth-order valence-corrected chi connectivity index (χ4v) is 2.45. The van der Waals surface area contributed by atoms with E-state index in [-0.39, 0.29) is 10.5 Å². The van der Waals surface area contributed by atoms with Crippen molar-refractivity contribution in [1.29, 1.82) is 0 Å². The van der Waals surface area contributed by atoms with Crippen molar-refractivity contribution < 1.29 is 13.2 Å². The van der Waals surface area contributed by atoms with Crippen LogP contribution in [0.25, 0.3) is 0 Å². The first-order valence-corrected chi connectivity index (χ1v) is 7.38. The molecule has 0 aliphatic rings. The van der Waals surface area contributed by atoms with E-state index in [1.165, 1.54) is 18.5 Å². The topological polar surface area (TPSA) is 76.1 Å². The van der Waals surface area contributed by atoms with Crippen molar-refractivity contribution in [2.24, 2.45) is 0 Å². The number of hydrogen-bond donors (Lipinski definition) is 1. The minimum absolute atomic E-state index is 0.0315. The molecule has 2 rings (SSSR count). The molecule has 0 saturated carbocycles. The van der Waals surface area contributed by atoms with Gasteiger partial charge in [-0.1, -0.05) is 18.2 Å². The third-order valence-electron chi connectivity index (χ3n) is 2.46. The van der Waals surface area contributed by atoms with Crippen LogP contribution in [0.4, 0.5) is 5.69 Å². The second-order valence-corrected chi connectivity index (χ2v) is 5.95. The molecule has 98 valence electrons. The Morgan fingerprint density at radius 1 is 1.16 bits per heavy atom. The van der Waals surface area contributed by atoms with E-state index in [4.69, 9.17) is 0 Å².